The first kappa shape index (κ1) is 22.1. The molecular formula is C24H16ClFN4O3S. The highest BCUT2D eigenvalue weighted by atomic mass is 35.5. The summed E-state index contributed by atoms with van der Waals surface area (Å²) in [6, 6.07) is 13.0. The summed E-state index contributed by atoms with van der Waals surface area (Å²) in [5.41, 5.74) is 1.34. The molecule has 0 N–H and O–H groups in total. The summed E-state index contributed by atoms with van der Waals surface area (Å²) in [5, 5.41) is 9.54. The largest absolute Gasteiger partial charge is 0.494 e. The van der Waals surface area contributed by atoms with Crippen LogP contribution in [0.2, 0.25) is 5.02 Å². The number of fused-ring (bicyclic) bond motifs is 2. The number of rotatable bonds is 4. The Morgan fingerprint density at radius 1 is 1.29 bits per heavy atom. The van der Waals surface area contributed by atoms with Gasteiger partial charge in [-0.1, -0.05) is 35.9 Å². The van der Waals surface area contributed by atoms with Crippen molar-refractivity contribution in [3.8, 4) is 22.3 Å². The third-order valence-electron chi connectivity index (χ3n) is 5.76. The summed E-state index contributed by atoms with van der Waals surface area (Å²) in [4.78, 5) is 32.0. The zero-order valence-electron chi connectivity index (χ0n) is 17.8. The predicted molar refractivity (Wildman–Crippen MR) is 130 cm³/mol. The van der Waals surface area contributed by atoms with Crippen LogP contribution >= 0.6 is 22.9 Å². The molecule has 1 aliphatic rings. The lowest BCUT2D eigenvalue weighted by Crippen LogP contribution is -2.43. The Labute approximate surface area is 201 Å². The highest BCUT2D eigenvalue weighted by molar-refractivity contribution is 7.22. The second-order valence-electron chi connectivity index (χ2n) is 7.63. The summed E-state index contributed by atoms with van der Waals surface area (Å²) < 4.78 is 21.9. The van der Waals surface area contributed by atoms with Crippen LogP contribution in [0.3, 0.4) is 0 Å². The van der Waals surface area contributed by atoms with Crippen LogP contribution in [0.4, 0.5) is 4.39 Å². The average molecular weight is 495 g/mol. The molecular weight excluding hydrogens is 479 g/mol. The second-order valence-corrected chi connectivity index (χ2v) is 9.09. The maximum absolute atomic E-state index is 14.1. The molecule has 0 saturated carbocycles. The fourth-order valence-corrected chi connectivity index (χ4v) is 5.61. The Hall–Kier alpha value is -3.74. The quantitative estimate of drug-likeness (QED) is 0.424. The summed E-state index contributed by atoms with van der Waals surface area (Å²) in [6.07, 6.45) is 1.72. The van der Waals surface area contributed by atoms with E-state index in [0.717, 1.165) is 28.5 Å². The predicted octanol–water partition coefficient (Wildman–Crippen LogP) is 4.24. The van der Waals surface area contributed by atoms with Crippen LogP contribution in [0.5, 0.6) is 5.75 Å². The van der Waals surface area contributed by atoms with Gasteiger partial charge in [0.1, 0.15) is 11.2 Å². The van der Waals surface area contributed by atoms with E-state index in [1.54, 1.807) is 12.3 Å². The monoisotopic (exact) mass is 494 g/mol. The van der Waals surface area contributed by atoms with Gasteiger partial charge in [-0.15, -0.1) is 11.3 Å². The standard InChI is InChI=1S/C24H16ClFN4O3S/c1-33-20-8-15(16(25)9-17(20)26)21-10-18-22(34-21)23(31)30(24(32)29(18)7-6-27)19-12-28-11-13-4-2-3-5-14(13)19/h2-5,8-11,19H,7,12H2,1H3/t19-/m0/s1. The van der Waals surface area contributed by atoms with Crippen molar-refractivity contribution in [2.45, 2.75) is 12.6 Å². The summed E-state index contributed by atoms with van der Waals surface area (Å²) in [5.74, 6) is -0.613. The van der Waals surface area contributed by atoms with Gasteiger partial charge in [0.05, 0.1) is 36.3 Å². The molecule has 0 radical (unpaired) electrons. The van der Waals surface area contributed by atoms with E-state index >= 15 is 0 Å². The van der Waals surface area contributed by atoms with E-state index in [1.807, 2.05) is 30.3 Å². The van der Waals surface area contributed by atoms with Crippen molar-refractivity contribution in [2.75, 3.05) is 13.7 Å². The average Bonchev–Trinajstić information content (AvgIpc) is 3.27. The molecule has 3 heterocycles. The minimum absolute atomic E-state index is 0.000330. The van der Waals surface area contributed by atoms with Gasteiger partial charge in [-0.3, -0.25) is 14.4 Å². The van der Waals surface area contributed by atoms with Crippen molar-refractivity contribution in [1.29, 1.82) is 5.26 Å². The minimum atomic E-state index is -0.613. The lowest BCUT2D eigenvalue weighted by molar-refractivity contribution is 0.387. The molecule has 2 aromatic carbocycles. The van der Waals surface area contributed by atoms with Gasteiger partial charge in [-0.25, -0.2) is 13.8 Å². The summed E-state index contributed by atoms with van der Waals surface area (Å²) in [7, 11) is 1.34. The highest BCUT2D eigenvalue weighted by Crippen LogP contribution is 2.39. The number of nitriles is 1. The number of halogens is 2. The van der Waals surface area contributed by atoms with E-state index in [4.69, 9.17) is 16.3 Å². The van der Waals surface area contributed by atoms with Gasteiger partial charge >= 0.3 is 5.69 Å². The van der Waals surface area contributed by atoms with Crippen molar-refractivity contribution in [1.82, 2.24) is 9.13 Å². The van der Waals surface area contributed by atoms with Gasteiger partial charge in [-0.2, -0.15) is 5.26 Å². The lowest BCUT2D eigenvalue weighted by atomic mass is 9.98. The third-order valence-corrected chi connectivity index (χ3v) is 7.22. The first-order valence-corrected chi connectivity index (χ1v) is 11.4. The molecule has 0 saturated heterocycles. The van der Waals surface area contributed by atoms with E-state index in [-0.39, 0.29) is 28.6 Å². The number of ether oxygens (including phenoxy) is 1. The van der Waals surface area contributed by atoms with E-state index in [1.165, 1.54) is 22.3 Å². The molecule has 7 nitrogen and oxygen atoms in total. The molecule has 2 aromatic heterocycles. The smallest absolute Gasteiger partial charge is 0.333 e. The van der Waals surface area contributed by atoms with Gasteiger partial charge < -0.3 is 4.74 Å². The Balaban J connectivity index is 1.79. The molecule has 5 rings (SSSR count). The Kier molecular flexibility index (Phi) is 5.55. The van der Waals surface area contributed by atoms with Crippen molar-refractivity contribution < 1.29 is 9.13 Å². The van der Waals surface area contributed by atoms with E-state index < -0.39 is 23.1 Å². The van der Waals surface area contributed by atoms with Gasteiger partial charge in [0, 0.05) is 16.7 Å². The maximum Gasteiger partial charge on any atom is 0.333 e. The fourth-order valence-electron chi connectivity index (χ4n) is 4.17. The molecule has 1 atom stereocenters. The van der Waals surface area contributed by atoms with E-state index in [0.29, 0.717) is 16.0 Å². The van der Waals surface area contributed by atoms with Crippen LogP contribution in [-0.4, -0.2) is 29.0 Å². The maximum atomic E-state index is 14.1. The normalized spacial score (nSPS) is 14.7. The molecule has 4 aromatic rings. The molecule has 10 heteroatoms. The van der Waals surface area contributed by atoms with Gasteiger partial charge in [-0.05, 0) is 29.3 Å². The zero-order chi connectivity index (χ0) is 24.0. The molecule has 0 bridgehead atoms. The topological polar surface area (TPSA) is 89.4 Å². The van der Waals surface area contributed by atoms with Gasteiger partial charge in [0.2, 0.25) is 0 Å². The van der Waals surface area contributed by atoms with Crippen LogP contribution in [0, 0.1) is 17.1 Å². The highest BCUT2D eigenvalue weighted by Gasteiger charge is 2.26. The first-order valence-electron chi connectivity index (χ1n) is 10.2. The van der Waals surface area contributed by atoms with Crippen molar-refractivity contribution >= 4 is 39.4 Å². The molecule has 34 heavy (non-hydrogen) atoms. The Morgan fingerprint density at radius 2 is 2.09 bits per heavy atom. The molecule has 170 valence electrons. The second kappa shape index (κ2) is 8.56. The number of aromatic nitrogens is 2. The van der Waals surface area contributed by atoms with Crippen LogP contribution in [0.15, 0.2) is 57.0 Å². The van der Waals surface area contributed by atoms with Gasteiger partial charge in [0.25, 0.3) is 5.56 Å². The molecule has 0 amide bonds. The SMILES string of the molecule is COc1cc(-c2cc3c(s2)c(=O)n([C@H]2CN=Cc4ccccc42)c(=O)n3CC#N)c(Cl)cc1F. The lowest BCUT2D eigenvalue weighted by Gasteiger charge is -2.23. The van der Waals surface area contributed by atoms with E-state index in [9.17, 15) is 19.2 Å². The number of benzene rings is 2. The zero-order valence-corrected chi connectivity index (χ0v) is 19.4. The van der Waals surface area contributed by atoms with Crippen molar-refractivity contribution in [3.63, 3.8) is 0 Å². The fraction of sp³-hybridized carbons (Fsp3) is 0.167. The Bertz CT molecular complexity index is 1650. The number of nitrogens with zero attached hydrogens (tertiary/aromatic N) is 4. The Morgan fingerprint density at radius 3 is 2.85 bits per heavy atom. The number of hydrogen-bond acceptors (Lipinski definition) is 6. The number of hydrogen-bond donors (Lipinski definition) is 0. The van der Waals surface area contributed by atoms with Crippen LogP contribution in [-0.2, 0) is 6.54 Å². The van der Waals surface area contributed by atoms with E-state index in [2.05, 4.69) is 4.99 Å². The number of thiophene rings is 1. The molecule has 0 fully saturated rings. The molecule has 0 unspecified atom stereocenters. The summed E-state index contributed by atoms with van der Waals surface area (Å²) in [6.45, 7) is -0.0205. The van der Waals surface area contributed by atoms with Gasteiger partial charge in [0.15, 0.2) is 11.6 Å². The van der Waals surface area contributed by atoms with Crippen LogP contribution in [0.25, 0.3) is 20.7 Å². The van der Waals surface area contributed by atoms with Crippen molar-refractivity contribution in [2.24, 2.45) is 4.99 Å². The number of methoxy groups -OCH3 is 1. The first-order chi connectivity index (χ1) is 16.4. The molecule has 0 aliphatic carbocycles. The number of aliphatic imine (C=N–C) groups is 1. The van der Waals surface area contributed by atoms with Crippen molar-refractivity contribution in [3.05, 3.63) is 85.3 Å². The molecule has 1 aliphatic heterocycles. The summed E-state index contributed by atoms with van der Waals surface area (Å²) >= 11 is 7.41. The molecule has 0 spiro atoms. The minimum Gasteiger partial charge on any atom is -0.494 e. The van der Waals surface area contributed by atoms with Crippen LogP contribution in [0.1, 0.15) is 17.2 Å². The van der Waals surface area contributed by atoms with Crippen LogP contribution < -0.4 is 16.0 Å². The third kappa shape index (κ3) is 3.43.